The van der Waals surface area contributed by atoms with E-state index in [0.717, 1.165) is 16.4 Å². The molecule has 1 fully saturated rings. The minimum Gasteiger partial charge on any atom is -0.406 e. The van der Waals surface area contributed by atoms with Crippen molar-refractivity contribution in [3.05, 3.63) is 76.7 Å². The van der Waals surface area contributed by atoms with E-state index in [1.54, 1.807) is 18.2 Å². The molecule has 4 aromatic rings. The number of rotatable bonds is 7. The molecule has 206 valence electrons. The molecule has 0 bridgehead atoms. The summed E-state index contributed by atoms with van der Waals surface area (Å²) < 4.78 is 77.2. The van der Waals surface area contributed by atoms with Gasteiger partial charge in [0, 0.05) is 25.5 Å². The number of fused-ring (bicyclic) bond motifs is 1. The van der Waals surface area contributed by atoms with Gasteiger partial charge in [0.05, 0.1) is 24.8 Å². The molecule has 0 unspecified atom stereocenters. The van der Waals surface area contributed by atoms with E-state index in [0.29, 0.717) is 48.4 Å². The fraction of sp³-hybridized carbons (Fsp3) is 0.250. The number of morpholine rings is 1. The first-order chi connectivity index (χ1) is 18.5. The second kappa shape index (κ2) is 10.7. The first-order valence-electron chi connectivity index (χ1n) is 11.5. The number of alkyl halides is 3. The number of pyridine rings is 2. The monoisotopic (exact) mass is 601 g/mol. The Balaban J connectivity index is 1.52. The lowest BCUT2D eigenvalue weighted by Gasteiger charge is -2.28. The Labute approximate surface area is 231 Å². The van der Waals surface area contributed by atoms with E-state index in [4.69, 9.17) is 27.9 Å². The molecular weight excluding hydrogens is 582 g/mol. The molecule has 0 radical (unpaired) electrons. The number of benzene rings is 1. The Bertz CT molecular complexity index is 1580. The van der Waals surface area contributed by atoms with Gasteiger partial charge in [-0.15, -0.1) is 13.2 Å². The molecule has 9 nitrogen and oxygen atoms in total. The van der Waals surface area contributed by atoms with E-state index in [1.165, 1.54) is 35.0 Å². The summed E-state index contributed by atoms with van der Waals surface area (Å²) in [6.45, 7) is 2.03. The summed E-state index contributed by atoms with van der Waals surface area (Å²) >= 11 is 12.6. The van der Waals surface area contributed by atoms with E-state index in [1.807, 2.05) is 4.90 Å². The van der Waals surface area contributed by atoms with Crippen LogP contribution in [0.15, 0.2) is 65.8 Å². The predicted molar refractivity (Wildman–Crippen MR) is 139 cm³/mol. The number of anilines is 2. The van der Waals surface area contributed by atoms with Gasteiger partial charge >= 0.3 is 6.36 Å². The van der Waals surface area contributed by atoms with Crippen LogP contribution in [0.4, 0.5) is 24.8 Å². The van der Waals surface area contributed by atoms with Crippen LogP contribution in [-0.2, 0) is 21.3 Å². The Morgan fingerprint density at radius 1 is 1.03 bits per heavy atom. The third-order valence-electron chi connectivity index (χ3n) is 5.87. The number of hydrogen-bond acceptors (Lipinski definition) is 7. The molecule has 0 aliphatic carbocycles. The number of aromatic nitrogens is 3. The van der Waals surface area contributed by atoms with Crippen molar-refractivity contribution in [1.82, 2.24) is 14.4 Å². The normalized spacial score (nSPS) is 14.5. The zero-order valence-electron chi connectivity index (χ0n) is 20.0. The van der Waals surface area contributed by atoms with Crippen molar-refractivity contribution in [3.63, 3.8) is 0 Å². The topological polar surface area (TPSA) is 89.3 Å². The Morgan fingerprint density at radius 3 is 2.38 bits per heavy atom. The Hall–Kier alpha value is -3.26. The van der Waals surface area contributed by atoms with Crippen molar-refractivity contribution >= 4 is 50.5 Å². The number of imidazole rings is 1. The fourth-order valence-electron chi connectivity index (χ4n) is 4.00. The van der Waals surface area contributed by atoms with Crippen molar-refractivity contribution in [2.24, 2.45) is 0 Å². The zero-order valence-corrected chi connectivity index (χ0v) is 22.3. The third kappa shape index (κ3) is 6.01. The Kier molecular flexibility index (Phi) is 7.51. The van der Waals surface area contributed by atoms with Gasteiger partial charge in [0.15, 0.2) is 11.0 Å². The molecule has 3 aromatic heterocycles. The molecule has 1 aliphatic heterocycles. The molecule has 1 aromatic carbocycles. The van der Waals surface area contributed by atoms with Gasteiger partial charge in [-0.2, -0.15) is 0 Å². The van der Waals surface area contributed by atoms with Crippen LogP contribution in [0.2, 0.25) is 10.2 Å². The molecule has 15 heteroatoms. The molecule has 0 amide bonds. The molecule has 0 atom stereocenters. The summed E-state index contributed by atoms with van der Waals surface area (Å²) in [6.07, 6.45) is -2.13. The highest BCUT2D eigenvalue weighted by atomic mass is 35.5. The predicted octanol–water partition coefficient (Wildman–Crippen LogP) is 5.17. The molecule has 0 saturated carbocycles. The van der Waals surface area contributed by atoms with E-state index >= 15 is 0 Å². The summed E-state index contributed by atoms with van der Waals surface area (Å²) in [5, 5.41) is 0.330. The van der Waals surface area contributed by atoms with Gasteiger partial charge in [-0.3, -0.25) is 4.40 Å². The average Bonchev–Trinajstić information content (AvgIpc) is 3.23. The molecule has 4 heterocycles. The number of sulfonamides is 1. The zero-order chi connectivity index (χ0) is 27.8. The van der Waals surface area contributed by atoms with Crippen LogP contribution in [0.3, 0.4) is 0 Å². The fourth-order valence-corrected chi connectivity index (χ4v) is 5.85. The van der Waals surface area contributed by atoms with Crippen molar-refractivity contribution in [2.75, 3.05) is 35.5 Å². The van der Waals surface area contributed by atoms with Crippen molar-refractivity contribution in [1.29, 1.82) is 0 Å². The van der Waals surface area contributed by atoms with E-state index in [9.17, 15) is 21.6 Å². The second-order valence-electron chi connectivity index (χ2n) is 8.46. The van der Waals surface area contributed by atoms with Crippen LogP contribution in [0.5, 0.6) is 5.75 Å². The Morgan fingerprint density at radius 2 is 1.74 bits per heavy atom. The highest BCUT2D eigenvalue weighted by molar-refractivity contribution is 7.92. The molecule has 5 rings (SSSR count). The number of halogens is 5. The first kappa shape index (κ1) is 27.3. The lowest BCUT2D eigenvalue weighted by molar-refractivity contribution is -0.274. The maximum absolute atomic E-state index is 13.9. The summed E-state index contributed by atoms with van der Waals surface area (Å²) in [4.78, 5) is 10.6. The van der Waals surface area contributed by atoms with Crippen LogP contribution >= 0.6 is 23.2 Å². The van der Waals surface area contributed by atoms with Crippen LogP contribution < -0.4 is 13.9 Å². The van der Waals surface area contributed by atoms with E-state index < -0.39 is 22.1 Å². The van der Waals surface area contributed by atoms with Gasteiger partial charge in [0.25, 0.3) is 10.0 Å². The maximum Gasteiger partial charge on any atom is 0.573 e. The van der Waals surface area contributed by atoms with Crippen LogP contribution in [0.25, 0.3) is 5.65 Å². The number of ether oxygens (including phenoxy) is 2. The van der Waals surface area contributed by atoms with Gasteiger partial charge < -0.3 is 14.4 Å². The van der Waals surface area contributed by atoms with Gasteiger partial charge in [-0.1, -0.05) is 35.3 Å². The quantitative estimate of drug-likeness (QED) is 0.289. The van der Waals surface area contributed by atoms with Crippen LogP contribution in [0.1, 0.15) is 5.56 Å². The third-order valence-corrected chi connectivity index (χ3v) is 8.16. The number of nitrogens with zero attached hydrogens (tertiary/aromatic N) is 5. The SMILES string of the molecule is O=S(=O)(c1ccc(N2CCOCC2)nc1)N(Cc1ccc(OC(F)(F)F)cc1)c1nc2ccc(Cl)cn2c1Cl. The molecule has 1 saturated heterocycles. The smallest absolute Gasteiger partial charge is 0.406 e. The molecule has 0 spiro atoms. The van der Waals surface area contributed by atoms with Gasteiger partial charge in [0.2, 0.25) is 0 Å². The van der Waals surface area contributed by atoms with Gasteiger partial charge in [0.1, 0.15) is 22.1 Å². The molecular formula is C24H20Cl2F3N5O4S. The van der Waals surface area contributed by atoms with Crippen molar-refractivity contribution < 1.29 is 31.1 Å². The number of hydrogen-bond donors (Lipinski definition) is 0. The standard InChI is InChI=1S/C24H20Cl2F3N5O4S/c25-17-3-7-21-31-23(22(26)33(21)15-17)34(14-16-1-4-18(5-2-16)38-24(27,28)29)39(35,36)19-6-8-20(30-13-19)32-9-11-37-12-10-32/h1-8,13,15H,9-12,14H2. The van der Waals surface area contributed by atoms with Crippen molar-refractivity contribution in [2.45, 2.75) is 17.8 Å². The second-order valence-corrected chi connectivity index (χ2v) is 11.1. The largest absolute Gasteiger partial charge is 0.573 e. The lowest BCUT2D eigenvalue weighted by Crippen LogP contribution is -2.36. The lowest BCUT2D eigenvalue weighted by atomic mass is 10.2. The maximum atomic E-state index is 13.9. The first-order valence-corrected chi connectivity index (χ1v) is 13.7. The molecule has 1 aliphatic rings. The summed E-state index contributed by atoms with van der Waals surface area (Å²) in [5.41, 5.74) is 0.700. The highest BCUT2D eigenvalue weighted by Crippen LogP contribution is 2.34. The average molecular weight is 602 g/mol. The van der Waals surface area contributed by atoms with Crippen molar-refractivity contribution in [3.8, 4) is 5.75 Å². The minimum absolute atomic E-state index is 0.0222. The minimum atomic E-state index is -4.86. The van der Waals surface area contributed by atoms with Gasteiger partial charge in [-0.05, 0) is 42.0 Å². The van der Waals surface area contributed by atoms with E-state index in [2.05, 4.69) is 14.7 Å². The van der Waals surface area contributed by atoms with Gasteiger partial charge in [-0.25, -0.2) is 22.7 Å². The summed E-state index contributed by atoms with van der Waals surface area (Å²) in [5.74, 6) is 0.0697. The molecule has 0 N–H and O–H groups in total. The highest BCUT2D eigenvalue weighted by Gasteiger charge is 2.32. The van der Waals surface area contributed by atoms with E-state index in [-0.39, 0.29) is 22.4 Å². The summed E-state index contributed by atoms with van der Waals surface area (Å²) in [7, 11) is -4.30. The van der Waals surface area contributed by atoms with Crippen LogP contribution in [-0.4, -0.2) is 55.5 Å². The summed E-state index contributed by atoms with van der Waals surface area (Å²) in [6, 6.07) is 11.0. The van der Waals surface area contributed by atoms with Crippen LogP contribution in [0, 0.1) is 0 Å². The molecule has 39 heavy (non-hydrogen) atoms.